The Kier molecular flexibility index (Phi) is 3.41. The Labute approximate surface area is 81.0 Å². The maximum atomic E-state index is 10.3. The normalized spacial score (nSPS) is 12.1. The largest absolute Gasteiger partial charge is 0.497 e. The molecule has 1 heterocycles. The number of hydrogen-bond donors (Lipinski definition) is 2. The van der Waals surface area contributed by atoms with E-state index in [1.54, 1.807) is 12.1 Å². The SMILES string of the molecule is COc1ccnc(CC(O)C(=O)O)c1. The third-order valence-electron chi connectivity index (χ3n) is 1.71. The minimum atomic E-state index is -1.42. The summed E-state index contributed by atoms with van der Waals surface area (Å²) in [7, 11) is 1.51. The standard InChI is InChI=1S/C9H11NO4/c1-14-7-2-3-10-6(4-7)5-8(11)9(12)13/h2-4,8,11H,5H2,1H3,(H,12,13). The van der Waals surface area contributed by atoms with Gasteiger partial charge in [-0.05, 0) is 6.07 Å². The zero-order valence-corrected chi connectivity index (χ0v) is 7.67. The number of nitrogens with zero attached hydrogens (tertiary/aromatic N) is 1. The molecule has 0 aromatic carbocycles. The Balaban J connectivity index is 2.71. The summed E-state index contributed by atoms with van der Waals surface area (Å²) in [5.41, 5.74) is 0.485. The topological polar surface area (TPSA) is 79.7 Å². The van der Waals surface area contributed by atoms with E-state index >= 15 is 0 Å². The van der Waals surface area contributed by atoms with Gasteiger partial charge in [-0.1, -0.05) is 0 Å². The second kappa shape index (κ2) is 4.57. The average molecular weight is 197 g/mol. The van der Waals surface area contributed by atoms with Crippen LogP contribution < -0.4 is 4.74 Å². The van der Waals surface area contributed by atoms with E-state index in [9.17, 15) is 4.79 Å². The smallest absolute Gasteiger partial charge is 0.332 e. The fraction of sp³-hybridized carbons (Fsp3) is 0.333. The average Bonchev–Trinajstić information content (AvgIpc) is 2.18. The second-order valence-corrected chi connectivity index (χ2v) is 2.75. The molecule has 0 fully saturated rings. The highest BCUT2D eigenvalue weighted by Gasteiger charge is 2.14. The third kappa shape index (κ3) is 2.70. The first-order valence-electron chi connectivity index (χ1n) is 4.03. The van der Waals surface area contributed by atoms with Gasteiger partial charge in [-0.25, -0.2) is 4.79 Å². The summed E-state index contributed by atoms with van der Waals surface area (Å²) in [6, 6.07) is 3.24. The van der Waals surface area contributed by atoms with Crippen LogP contribution in [0.4, 0.5) is 0 Å². The lowest BCUT2D eigenvalue weighted by Gasteiger charge is -2.05. The lowest BCUT2D eigenvalue weighted by molar-refractivity contribution is -0.146. The van der Waals surface area contributed by atoms with Crippen LogP contribution in [0, 0.1) is 0 Å². The zero-order valence-electron chi connectivity index (χ0n) is 7.67. The number of aliphatic hydroxyl groups is 1. The first-order chi connectivity index (χ1) is 6.63. The summed E-state index contributed by atoms with van der Waals surface area (Å²) < 4.78 is 4.93. The molecule has 1 rings (SSSR count). The summed E-state index contributed by atoms with van der Waals surface area (Å²) in [6.07, 6.45) is 0.0598. The molecule has 0 aliphatic heterocycles. The van der Waals surface area contributed by atoms with E-state index in [1.165, 1.54) is 13.3 Å². The number of ether oxygens (including phenoxy) is 1. The monoisotopic (exact) mass is 197 g/mol. The van der Waals surface area contributed by atoms with Gasteiger partial charge in [-0.2, -0.15) is 0 Å². The zero-order chi connectivity index (χ0) is 10.6. The lowest BCUT2D eigenvalue weighted by atomic mass is 10.2. The Morgan fingerprint density at radius 1 is 1.71 bits per heavy atom. The molecule has 0 aliphatic rings. The maximum absolute atomic E-state index is 10.3. The minimum absolute atomic E-state index is 0.0213. The number of carboxylic acids is 1. The molecule has 1 unspecified atom stereocenters. The van der Waals surface area contributed by atoms with E-state index in [-0.39, 0.29) is 6.42 Å². The molecule has 0 spiro atoms. The van der Waals surface area contributed by atoms with Gasteiger partial charge in [0.25, 0.3) is 0 Å². The second-order valence-electron chi connectivity index (χ2n) is 2.75. The van der Waals surface area contributed by atoms with Crippen LogP contribution in [0.3, 0.4) is 0 Å². The molecule has 0 aliphatic carbocycles. The maximum Gasteiger partial charge on any atom is 0.332 e. The lowest BCUT2D eigenvalue weighted by Crippen LogP contribution is -2.22. The molecule has 0 saturated heterocycles. The Morgan fingerprint density at radius 2 is 2.43 bits per heavy atom. The molecule has 0 radical (unpaired) electrons. The van der Waals surface area contributed by atoms with Gasteiger partial charge in [0.2, 0.25) is 0 Å². The highest BCUT2D eigenvalue weighted by atomic mass is 16.5. The molecule has 5 heteroatoms. The van der Waals surface area contributed by atoms with Gasteiger partial charge >= 0.3 is 5.97 Å². The molecule has 0 bridgehead atoms. The van der Waals surface area contributed by atoms with Crippen LogP contribution in [0.5, 0.6) is 5.75 Å². The summed E-state index contributed by atoms with van der Waals surface area (Å²) in [5, 5.41) is 17.5. The van der Waals surface area contributed by atoms with Crippen LogP contribution in [0.25, 0.3) is 0 Å². The van der Waals surface area contributed by atoms with E-state index in [0.717, 1.165) is 0 Å². The van der Waals surface area contributed by atoms with E-state index < -0.39 is 12.1 Å². The number of pyridine rings is 1. The van der Waals surface area contributed by atoms with Gasteiger partial charge in [0, 0.05) is 24.4 Å². The fourth-order valence-electron chi connectivity index (χ4n) is 0.980. The number of methoxy groups -OCH3 is 1. The molecule has 1 atom stereocenters. The van der Waals surface area contributed by atoms with Crippen molar-refractivity contribution in [1.29, 1.82) is 0 Å². The van der Waals surface area contributed by atoms with Crippen molar-refractivity contribution in [2.45, 2.75) is 12.5 Å². The molecule has 0 saturated carbocycles. The Hall–Kier alpha value is -1.62. The van der Waals surface area contributed by atoms with Crippen LogP contribution in [-0.2, 0) is 11.2 Å². The van der Waals surface area contributed by atoms with Crippen molar-refractivity contribution in [2.75, 3.05) is 7.11 Å². The number of carbonyl (C=O) groups is 1. The molecule has 14 heavy (non-hydrogen) atoms. The molecular formula is C9H11NO4. The van der Waals surface area contributed by atoms with Crippen molar-refractivity contribution < 1.29 is 19.7 Å². The number of rotatable bonds is 4. The predicted octanol–water partition coefficient (Wildman–Crippen LogP) is 0.0782. The number of hydrogen-bond acceptors (Lipinski definition) is 4. The molecule has 1 aromatic rings. The summed E-state index contributed by atoms with van der Waals surface area (Å²) in [4.78, 5) is 14.3. The van der Waals surface area contributed by atoms with Gasteiger partial charge in [-0.3, -0.25) is 4.98 Å². The van der Waals surface area contributed by atoms with E-state index in [2.05, 4.69) is 4.98 Å². The molecular weight excluding hydrogens is 186 g/mol. The quantitative estimate of drug-likeness (QED) is 0.714. The highest BCUT2D eigenvalue weighted by molar-refractivity contribution is 5.72. The van der Waals surface area contributed by atoms with Gasteiger partial charge in [0.05, 0.1) is 7.11 Å². The van der Waals surface area contributed by atoms with Crippen molar-refractivity contribution in [2.24, 2.45) is 0 Å². The molecule has 1 aromatic heterocycles. The first kappa shape index (κ1) is 10.5. The van der Waals surface area contributed by atoms with E-state index in [0.29, 0.717) is 11.4 Å². The molecule has 76 valence electrons. The van der Waals surface area contributed by atoms with Gasteiger partial charge in [0.1, 0.15) is 5.75 Å². The summed E-state index contributed by atoms with van der Waals surface area (Å²) >= 11 is 0. The number of aliphatic hydroxyl groups excluding tert-OH is 1. The molecule has 2 N–H and O–H groups in total. The molecule has 0 amide bonds. The van der Waals surface area contributed by atoms with Gasteiger partial charge in [-0.15, -0.1) is 0 Å². The van der Waals surface area contributed by atoms with Crippen LogP contribution >= 0.6 is 0 Å². The van der Waals surface area contributed by atoms with Crippen LogP contribution in [0.2, 0.25) is 0 Å². The van der Waals surface area contributed by atoms with Gasteiger partial charge < -0.3 is 14.9 Å². The van der Waals surface area contributed by atoms with Crippen LogP contribution in [0.15, 0.2) is 18.3 Å². The van der Waals surface area contributed by atoms with Crippen LogP contribution in [0.1, 0.15) is 5.69 Å². The number of aliphatic carboxylic acids is 1. The van der Waals surface area contributed by atoms with Crippen molar-refractivity contribution in [3.05, 3.63) is 24.0 Å². The Morgan fingerprint density at radius 3 is 3.00 bits per heavy atom. The highest BCUT2D eigenvalue weighted by Crippen LogP contribution is 2.11. The van der Waals surface area contributed by atoms with Gasteiger partial charge in [0.15, 0.2) is 6.10 Å². The third-order valence-corrected chi connectivity index (χ3v) is 1.71. The first-order valence-corrected chi connectivity index (χ1v) is 4.03. The van der Waals surface area contributed by atoms with E-state index in [4.69, 9.17) is 14.9 Å². The van der Waals surface area contributed by atoms with Crippen molar-refractivity contribution >= 4 is 5.97 Å². The van der Waals surface area contributed by atoms with Crippen molar-refractivity contribution in [3.63, 3.8) is 0 Å². The van der Waals surface area contributed by atoms with Crippen molar-refractivity contribution in [1.82, 2.24) is 4.98 Å². The minimum Gasteiger partial charge on any atom is -0.497 e. The Bertz CT molecular complexity index is 326. The summed E-state index contributed by atoms with van der Waals surface area (Å²) in [5.74, 6) is -0.665. The number of aromatic nitrogens is 1. The number of carboxylic acid groups (broad SMARTS) is 1. The molecule has 5 nitrogen and oxygen atoms in total. The predicted molar refractivity (Wildman–Crippen MR) is 48.1 cm³/mol. The van der Waals surface area contributed by atoms with Crippen LogP contribution in [-0.4, -0.2) is 34.4 Å². The van der Waals surface area contributed by atoms with E-state index in [1.807, 2.05) is 0 Å². The summed E-state index contributed by atoms with van der Waals surface area (Å²) in [6.45, 7) is 0. The fourth-order valence-corrected chi connectivity index (χ4v) is 0.980. The van der Waals surface area contributed by atoms with Crippen molar-refractivity contribution in [3.8, 4) is 5.75 Å².